The summed E-state index contributed by atoms with van der Waals surface area (Å²) in [5, 5.41) is 23.6. The molecular formula is C16H11BrN8O2. The van der Waals surface area contributed by atoms with E-state index in [0.29, 0.717) is 32.9 Å². The number of nitrogens with one attached hydrogen (secondary N) is 2. The zero-order chi connectivity index (χ0) is 19.1. The molecule has 4 rings (SSSR count). The van der Waals surface area contributed by atoms with Gasteiger partial charge in [-0.05, 0) is 17.7 Å². The summed E-state index contributed by atoms with van der Waals surface area (Å²) in [4.78, 5) is 8.73. The molecule has 1 unspecified atom stereocenters. The normalized spacial score (nSPS) is 16.4. The van der Waals surface area contributed by atoms with E-state index in [1.54, 1.807) is 18.3 Å². The van der Waals surface area contributed by atoms with Crippen LogP contribution in [0.5, 0.6) is 11.5 Å². The molecule has 0 saturated carbocycles. The second-order valence-corrected chi connectivity index (χ2v) is 6.48. The number of pyridine rings is 1. The highest BCUT2D eigenvalue weighted by Gasteiger charge is 2.32. The molecule has 3 heterocycles. The fraction of sp³-hybridized carbons (Fsp3) is 0.125. The van der Waals surface area contributed by atoms with Crippen molar-refractivity contribution in [2.45, 2.75) is 6.04 Å². The van der Waals surface area contributed by atoms with Gasteiger partial charge in [0.15, 0.2) is 17.7 Å². The van der Waals surface area contributed by atoms with Crippen LogP contribution in [0.2, 0.25) is 0 Å². The topological polar surface area (TPSA) is 167 Å². The number of halogens is 1. The number of guanidine groups is 1. The Balaban J connectivity index is 1.96. The first-order valence-electron chi connectivity index (χ1n) is 7.61. The quantitative estimate of drug-likeness (QED) is 0.390. The Kier molecular flexibility index (Phi) is 3.86. The second kappa shape index (κ2) is 6.23. The average Bonchev–Trinajstić information content (AvgIpc) is 3.08. The molecule has 0 amide bonds. The molecule has 0 saturated heterocycles. The summed E-state index contributed by atoms with van der Waals surface area (Å²) in [6.07, 6.45) is 1.81. The number of benzene rings is 1. The number of nitrogens with two attached hydrogens (primary N) is 2. The predicted molar refractivity (Wildman–Crippen MR) is 99.7 cm³/mol. The van der Waals surface area contributed by atoms with Crippen LogP contribution in [0.3, 0.4) is 0 Å². The third kappa shape index (κ3) is 2.61. The maximum atomic E-state index is 9.37. The largest absolute Gasteiger partial charge is 0.454 e. The molecule has 27 heavy (non-hydrogen) atoms. The monoisotopic (exact) mass is 426 g/mol. The van der Waals surface area contributed by atoms with Gasteiger partial charge in [0.25, 0.3) is 0 Å². The van der Waals surface area contributed by atoms with Crippen molar-refractivity contribution in [3.63, 3.8) is 0 Å². The molecule has 0 aliphatic carbocycles. The van der Waals surface area contributed by atoms with Crippen molar-refractivity contribution >= 4 is 39.2 Å². The molecule has 6 N–H and O–H groups in total. The van der Waals surface area contributed by atoms with E-state index in [1.807, 2.05) is 6.07 Å². The number of ether oxygens (including phenoxy) is 2. The van der Waals surface area contributed by atoms with E-state index in [9.17, 15) is 5.26 Å². The van der Waals surface area contributed by atoms with E-state index >= 15 is 0 Å². The maximum Gasteiger partial charge on any atom is 0.231 e. The van der Waals surface area contributed by atoms with Crippen molar-refractivity contribution in [3.8, 4) is 23.8 Å². The lowest BCUT2D eigenvalue weighted by atomic mass is 9.95. The molecule has 0 fully saturated rings. The number of nitrogen functional groups attached to an aromatic ring is 2. The fourth-order valence-corrected chi connectivity index (χ4v) is 3.49. The molecule has 0 spiro atoms. The summed E-state index contributed by atoms with van der Waals surface area (Å²) in [6, 6.07) is 4.83. The van der Waals surface area contributed by atoms with Gasteiger partial charge in [-0.3, -0.25) is 5.32 Å². The summed E-state index contributed by atoms with van der Waals surface area (Å²) in [6.45, 7) is 0.122. The van der Waals surface area contributed by atoms with Gasteiger partial charge in [-0.25, -0.2) is 9.98 Å². The maximum absolute atomic E-state index is 9.37. The van der Waals surface area contributed by atoms with Gasteiger partial charge in [-0.1, -0.05) is 15.9 Å². The first-order chi connectivity index (χ1) is 13.0. The van der Waals surface area contributed by atoms with Crippen LogP contribution >= 0.6 is 15.9 Å². The van der Waals surface area contributed by atoms with Gasteiger partial charge in [0.05, 0.1) is 5.69 Å². The Morgan fingerprint density at radius 2 is 2.00 bits per heavy atom. The summed E-state index contributed by atoms with van der Waals surface area (Å²) >= 11 is 3.51. The molecule has 2 aromatic rings. The number of anilines is 3. The lowest BCUT2D eigenvalue weighted by Gasteiger charge is -2.26. The third-order valence-electron chi connectivity index (χ3n) is 4.14. The molecule has 1 atom stereocenters. The van der Waals surface area contributed by atoms with Crippen LogP contribution in [0.1, 0.15) is 22.7 Å². The van der Waals surface area contributed by atoms with E-state index in [4.69, 9.17) is 26.2 Å². The SMILES string of the molecule is N#CNC1=NC(c2cc3c(cc2Br)OCO3)c2c(nc(N)c(C#N)c2N)N1. The lowest BCUT2D eigenvalue weighted by Crippen LogP contribution is -2.32. The highest BCUT2D eigenvalue weighted by molar-refractivity contribution is 9.10. The summed E-state index contributed by atoms with van der Waals surface area (Å²) in [7, 11) is 0. The van der Waals surface area contributed by atoms with Crippen molar-refractivity contribution in [2.24, 2.45) is 4.99 Å². The number of hydrogen-bond donors (Lipinski definition) is 4. The van der Waals surface area contributed by atoms with Crippen molar-refractivity contribution in [1.29, 1.82) is 10.5 Å². The number of aromatic nitrogens is 1. The minimum absolute atomic E-state index is 0.0111. The Labute approximate surface area is 161 Å². The van der Waals surface area contributed by atoms with Crippen molar-refractivity contribution < 1.29 is 9.47 Å². The van der Waals surface area contributed by atoms with Crippen LogP contribution in [0.15, 0.2) is 21.6 Å². The van der Waals surface area contributed by atoms with E-state index in [1.165, 1.54) is 0 Å². The summed E-state index contributed by atoms with van der Waals surface area (Å²) in [5.41, 5.74) is 13.5. The highest BCUT2D eigenvalue weighted by atomic mass is 79.9. The molecule has 11 heteroatoms. The third-order valence-corrected chi connectivity index (χ3v) is 4.83. The number of nitriles is 2. The molecule has 2 aliphatic rings. The molecular weight excluding hydrogens is 416 g/mol. The standard InChI is InChI=1S/C16H11BrN8O2/c17-8-2-10-9(26-5-27-10)1-6(8)13-11-12(20)7(3-18)14(21)24-15(11)25-16(23-13)22-4-19/h1-2,13H,5H2,(H6,20,21,22,23,24,25). The van der Waals surface area contributed by atoms with E-state index < -0.39 is 6.04 Å². The number of hydrogen-bond acceptors (Lipinski definition) is 10. The second-order valence-electron chi connectivity index (χ2n) is 5.63. The molecule has 2 aliphatic heterocycles. The number of aliphatic imine (C=N–C) groups is 1. The molecule has 0 bridgehead atoms. The van der Waals surface area contributed by atoms with Gasteiger partial charge in [-0.2, -0.15) is 10.5 Å². The first-order valence-corrected chi connectivity index (χ1v) is 8.40. The summed E-state index contributed by atoms with van der Waals surface area (Å²) < 4.78 is 11.5. The van der Waals surface area contributed by atoms with Crippen LogP contribution in [0, 0.1) is 22.8 Å². The highest BCUT2D eigenvalue weighted by Crippen LogP contribution is 2.46. The Hall–Kier alpha value is -3.70. The number of nitrogens with zero attached hydrogens (tertiary/aromatic N) is 4. The summed E-state index contributed by atoms with van der Waals surface area (Å²) in [5.74, 6) is 1.63. The van der Waals surface area contributed by atoms with Crippen molar-refractivity contribution in [2.75, 3.05) is 23.6 Å². The van der Waals surface area contributed by atoms with Crippen LogP contribution < -0.4 is 31.6 Å². The van der Waals surface area contributed by atoms with E-state index in [2.05, 4.69) is 36.5 Å². The first kappa shape index (κ1) is 16.8. The van der Waals surface area contributed by atoms with Gasteiger partial charge < -0.3 is 26.3 Å². The number of rotatable bonds is 1. The molecule has 0 radical (unpaired) electrons. The Morgan fingerprint density at radius 1 is 1.26 bits per heavy atom. The van der Waals surface area contributed by atoms with Gasteiger partial charge in [0.1, 0.15) is 29.3 Å². The van der Waals surface area contributed by atoms with Crippen LogP contribution in [0.25, 0.3) is 0 Å². The van der Waals surface area contributed by atoms with Crippen molar-refractivity contribution in [1.82, 2.24) is 10.3 Å². The minimum atomic E-state index is -0.666. The smallest absolute Gasteiger partial charge is 0.231 e. The van der Waals surface area contributed by atoms with Crippen LogP contribution in [0.4, 0.5) is 17.3 Å². The zero-order valence-electron chi connectivity index (χ0n) is 13.6. The lowest BCUT2D eigenvalue weighted by molar-refractivity contribution is 0.174. The Morgan fingerprint density at radius 3 is 2.70 bits per heavy atom. The predicted octanol–water partition coefficient (Wildman–Crippen LogP) is 1.55. The van der Waals surface area contributed by atoms with Gasteiger partial charge in [0, 0.05) is 10.0 Å². The van der Waals surface area contributed by atoms with E-state index in [0.717, 1.165) is 0 Å². The van der Waals surface area contributed by atoms with Gasteiger partial charge in [-0.15, -0.1) is 0 Å². The molecule has 10 nitrogen and oxygen atoms in total. The molecule has 1 aromatic carbocycles. The van der Waals surface area contributed by atoms with Gasteiger partial charge >= 0.3 is 0 Å². The fourth-order valence-electron chi connectivity index (χ4n) is 2.95. The van der Waals surface area contributed by atoms with Crippen LogP contribution in [-0.2, 0) is 0 Å². The zero-order valence-corrected chi connectivity index (χ0v) is 15.2. The number of fused-ring (bicyclic) bond motifs is 2. The van der Waals surface area contributed by atoms with Crippen LogP contribution in [-0.4, -0.2) is 17.7 Å². The average molecular weight is 427 g/mol. The Bertz CT molecular complexity index is 1090. The van der Waals surface area contributed by atoms with Crippen molar-refractivity contribution in [3.05, 3.63) is 33.3 Å². The van der Waals surface area contributed by atoms with E-state index in [-0.39, 0.29) is 29.8 Å². The minimum Gasteiger partial charge on any atom is -0.454 e. The molecule has 1 aromatic heterocycles. The van der Waals surface area contributed by atoms with Gasteiger partial charge in [0.2, 0.25) is 12.8 Å². The molecule has 134 valence electrons.